The van der Waals surface area contributed by atoms with E-state index in [-0.39, 0.29) is 16.4 Å². The quantitative estimate of drug-likeness (QED) is 0.577. The van der Waals surface area contributed by atoms with Gasteiger partial charge in [0, 0.05) is 23.3 Å². The highest BCUT2D eigenvalue weighted by Crippen LogP contribution is 2.28. The number of nitrogens with zero attached hydrogens (tertiary/aromatic N) is 3. The van der Waals surface area contributed by atoms with Crippen LogP contribution in [0.15, 0.2) is 48.5 Å². The van der Waals surface area contributed by atoms with E-state index in [9.17, 15) is 19.3 Å². The third-order valence-electron chi connectivity index (χ3n) is 3.06. The molecule has 1 N–H and O–H groups in total. The molecule has 1 aromatic heterocycles. The molecule has 0 aliphatic heterocycles. The first kappa shape index (κ1) is 15.7. The highest BCUT2D eigenvalue weighted by atomic mass is 32.1. The van der Waals surface area contributed by atoms with Crippen LogP contribution in [0.4, 0.5) is 15.2 Å². The number of nitrogens with one attached hydrogen (secondary N) is 1. The number of hydrogen-bond donors (Lipinski definition) is 1. The molecule has 0 radical (unpaired) electrons. The summed E-state index contributed by atoms with van der Waals surface area (Å²) in [6, 6.07) is 11.0. The zero-order chi connectivity index (χ0) is 17.1. The molecule has 3 aromatic rings. The van der Waals surface area contributed by atoms with E-state index in [4.69, 9.17) is 0 Å². The Hall–Kier alpha value is -3.20. The minimum absolute atomic E-state index is 0.0559. The number of carbonyl (C=O) groups excluding carboxylic acids is 1. The van der Waals surface area contributed by atoms with E-state index in [0.29, 0.717) is 10.6 Å². The first-order valence-electron chi connectivity index (χ1n) is 6.68. The molecular weight excluding hydrogens is 335 g/mol. The molecule has 120 valence electrons. The molecule has 2 aromatic carbocycles. The molecule has 24 heavy (non-hydrogen) atoms. The Balaban J connectivity index is 1.78. The molecule has 7 nitrogen and oxygen atoms in total. The molecule has 0 bridgehead atoms. The van der Waals surface area contributed by atoms with E-state index in [2.05, 4.69) is 15.5 Å². The van der Waals surface area contributed by atoms with Gasteiger partial charge >= 0.3 is 0 Å². The van der Waals surface area contributed by atoms with E-state index in [1.54, 1.807) is 12.1 Å². The summed E-state index contributed by atoms with van der Waals surface area (Å²) >= 11 is 1.08. The Morgan fingerprint density at radius 3 is 2.62 bits per heavy atom. The van der Waals surface area contributed by atoms with Gasteiger partial charge in [-0.1, -0.05) is 23.5 Å². The molecule has 0 aliphatic carbocycles. The van der Waals surface area contributed by atoms with E-state index < -0.39 is 16.6 Å². The second kappa shape index (κ2) is 6.50. The van der Waals surface area contributed by atoms with Crippen molar-refractivity contribution in [2.45, 2.75) is 0 Å². The number of nitro benzene ring substituents is 1. The van der Waals surface area contributed by atoms with Gasteiger partial charge in [-0.15, -0.1) is 10.2 Å². The lowest BCUT2D eigenvalue weighted by molar-refractivity contribution is -0.384. The topological polar surface area (TPSA) is 98.0 Å². The van der Waals surface area contributed by atoms with Gasteiger partial charge in [-0.3, -0.25) is 20.2 Å². The van der Waals surface area contributed by atoms with Crippen LogP contribution in [0.25, 0.3) is 10.6 Å². The average Bonchev–Trinajstić information content (AvgIpc) is 3.04. The van der Waals surface area contributed by atoms with Crippen molar-refractivity contribution in [1.29, 1.82) is 0 Å². The molecule has 0 aliphatic rings. The lowest BCUT2D eigenvalue weighted by atomic mass is 10.2. The zero-order valence-electron chi connectivity index (χ0n) is 12.0. The summed E-state index contributed by atoms with van der Waals surface area (Å²) in [7, 11) is 0. The summed E-state index contributed by atoms with van der Waals surface area (Å²) in [6.45, 7) is 0. The van der Waals surface area contributed by atoms with E-state index >= 15 is 0 Å². The van der Waals surface area contributed by atoms with Gasteiger partial charge in [0.05, 0.1) is 4.92 Å². The molecule has 0 fully saturated rings. The highest BCUT2D eigenvalue weighted by Gasteiger charge is 2.13. The predicted molar refractivity (Wildman–Crippen MR) is 86.4 cm³/mol. The Labute approximate surface area is 138 Å². The Morgan fingerprint density at radius 1 is 1.17 bits per heavy atom. The monoisotopic (exact) mass is 344 g/mol. The van der Waals surface area contributed by atoms with Crippen molar-refractivity contribution in [2.24, 2.45) is 0 Å². The van der Waals surface area contributed by atoms with Crippen LogP contribution in [-0.4, -0.2) is 21.0 Å². The summed E-state index contributed by atoms with van der Waals surface area (Å²) < 4.78 is 12.9. The van der Waals surface area contributed by atoms with Crippen molar-refractivity contribution >= 4 is 28.1 Å². The number of amides is 1. The summed E-state index contributed by atoms with van der Waals surface area (Å²) in [4.78, 5) is 22.3. The van der Waals surface area contributed by atoms with Gasteiger partial charge in [-0.25, -0.2) is 4.39 Å². The Kier molecular flexibility index (Phi) is 4.25. The number of aromatic nitrogens is 2. The minimum atomic E-state index is -0.498. The van der Waals surface area contributed by atoms with Crippen molar-refractivity contribution < 1.29 is 14.1 Å². The van der Waals surface area contributed by atoms with Gasteiger partial charge in [0.25, 0.3) is 11.6 Å². The van der Waals surface area contributed by atoms with Crippen LogP contribution in [0.3, 0.4) is 0 Å². The third-order valence-corrected chi connectivity index (χ3v) is 3.94. The maximum Gasteiger partial charge on any atom is 0.270 e. The highest BCUT2D eigenvalue weighted by molar-refractivity contribution is 7.18. The van der Waals surface area contributed by atoms with E-state index in [0.717, 1.165) is 11.3 Å². The predicted octanol–water partition coefficient (Wildman–Crippen LogP) is 3.50. The first-order chi connectivity index (χ1) is 11.5. The smallest absolute Gasteiger partial charge is 0.270 e. The fourth-order valence-electron chi connectivity index (χ4n) is 1.91. The van der Waals surface area contributed by atoms with Gasteiger partial charge in [0.15, 0.2) is 0 Å². The second-order valence-electron chi connectivity index (χ2n) is 4.68. The molecule has 1 heterocycles. The summed E-state index contributed by atoms with van der Waals surface area (Å²) in [5.41, 5.74) is 0.757. The molecule has 1 amide bonds. The van der Waals surface area contributed by atoms with Crippen molar-refractivity contribution in [2.75, 3.05) is 5.32 Å². The van der Waals surface area contributed by atoms with Gasteiger partial charge in [0.1, 0.15) is 10.8 Å². The minimum Gasteiger partial charge on any atom is -0.296 e. The number of carbonyl (C=O) groups is 1. The van der Waals surface area contributed by atoms with Crippen LogP contribution in [0.5, 0.6) is 0 Å². The van der Waals surface area contributed by atoms with Crippen LogP contribution in [0.2, 0.25) is 0 Å². The summed E-state index contributed by atoms with van der Waals surface area (Å²) in [5, 5.41) is 21.8. The lowest BCUT2D eigenvalue weighted by Crippen LogP contribution is -2.11. The molecule has 0 atom stereocenters. The maximum atomic E-state index is 12.9. The van der Waals surface area contributed by atoms with Crippen molar-refractivity contribution in [3.8, 4) is 10.6 Å². The van der Waals surface area contributed by atoms with Crippen LogP contribution < -0.4 is 5.32 Å². The summed E-state index contributed by atoms with van der Waals surface area (Å²) in [5.74, 6) is -0.882. The largest absolute Gasteiger partial charge is 0.296 e. The molecule has 0 saturated carbocycles. The SMILES string of the molecule is O=C(Nc1nnc(-c2cccc([N+](=O)[O-])c2)s1)c1ccc(F)cc1. The normalized spacial score (nSPS) is 10.4. The zero-order valence-corrected chi connectivity index (χ0v) is 12.8. The van der Waals surface area contributed by atoms with E-state index in [1.165, 1.54) is 36.4 Å². The van der Waals surface area contributed by atoms with Gasteiger partial charge in [-0.05, 0) is 24.3 Å². The molecule has 9 heteroatoms. The van der Waals surface area contributed by atoms with E-state index in [1.807, 2.05) is 0 Å². The van der Waals surface area contributed by atoms with Crippen LogP contribution in [-0.2, 0) is 0 Å². The lowest BCUT2D eigenvalue weighted by Gasteiger charge is -2.00. The number of hydrogen-bond acceptors (Lipinski definition) is 6. The van der Waals surface area contributed by atoms with Crippen LogP contribution in [0.1, 0.15) is 10.4 Å². The van der Waals surface area contributed by atoms with Crippen LogP contribution in [0, 0.1) is 15.9 Å². The van der Waals surface area contributed by atoms with Crippen molar-refractivity contribution in [1.82, 2.24) is 10.2 Å². The maximum absolute atomic E-state index is 12.9. The number of nitro groups is 1. The fourth-order valence-corrected chi connectivity index (χ4v) is 2.65. The van der Waals surface area contributed by atoms with Crippen molar-refractivity contribution in [3.05, 3.63) is 70.0 Å². The Morgan fingerprint density at radius 2 is 1.92 bits per heavy atom. The van der Waals surface area contributed by atoms with Crippen molar-refractivity contribution in [3.63, 3.8) is 0 Å². The Bertz CT molecular complexity index is 911. The number of rotatable bonds is 4. The molecule has 0 spiro atoms. The molecule has 0 saturated heterocycles. The van der Waals surface area contributed by atoms with Gasteiger partial charge in [-0.2, -0.15) is 0 Å². The first-order valence-corrected chi connectivity index (χ1v) is 7.50. The number of benzene rings is 2. The number of halogens is 1. The molecule has 3 rings (SSSR count). The second-order valence-corrected chi connectivity index (χ2v) is 5.66. The van der Waals surface area contributed by atoms with Crippen LogP contribution >= 0.6 is 11.3 Å². The average molecular weight is 344 g/mol. The number of anilines is 1. The molecular formula is C15H9FN4O3S. The number of non-ortho nitro benzene ring substituents is 1. The third kappa shape index (κ3) is 3.41. The van der Waals surface area contributed by atoms with Gasteiger partial charge in [0.2, 0.25) is 5.13 Å². The molecule has 0 unspecified atom stereocenters. The standard InChI is InChI=1S/C15H9FN4O3S/c16-11-6-4-9(5-7-11)13(21)17-15-19-18-14(24-15)10-2-1-3-12(8-10)20(22)23/h1-8H,(H,17,19,21). The van der Waals surface area contributed by atoms with Gasteiger partial charge < -0.3 is 0 Å². The summed E-state index contributed by atoms with van der Waals surface area (Å²) in [6.07, 6.45) is 0. The fraction of sp³-hybridized carbons (Fsp3) is 0.